The van der Waals surface area contributed by atoms with Gasteiger partial charge in [-0.25, -0.2) is 4.98 Å². The number of nitrogens with one attached hydrogen (secondary N) is 1. The van der Waals surface area contributed by atoms with Crippen LogP contribution in [0.1, 0.15) is 12.5 Å². The molecule has 0 bridgehead atoms. The van der Waals surface area contributed by atoms with Crippen molar-refractivity contribution in [2.45, 2.75) is 23.9 Å². The number of anilines is 1. The van der Waals surface area contributed by atoms with Crippen molar-refractivity contribution in [1.29, 1.82) is 0 Å². The minimum absolute atomic E-state index is 0.142. The Morgan fingerprint density at radius 3 is 2.41 bits per heavy atom. The number of amides is 1. The first-order chi connectivity index (χ1) is 15.4. The van der Waals surface area contributed by atoms with E-state index in [-0.39, 0.29) is 11.5 Å². The van der Waals surface area contributed by atoms with Crippen LogP contribution in [-0.2, 0) is 11.3 Å². The molecule has 4 rings (SSSR count). The number of thioether (sulfide) groups is 1. The minimum atomic E-state index is -0.525. The van der Waals surface area contributed by atoms with Gasteiger partial charge in [0.1, 0.15) is 0 Å². The number of halogens is 2. The lowest BCUT2D eigenvalue weighted by Gasteiger charge is -2.17. The summed E-state index contributed by atoms with van der Waals surface area (Å²) >= 11 is 13.3. The summed E-state index contributed by atoms with van der Waals surface area (Å²) in [6.45, 7) is 2.12. The zero-order valence-electron chi connectivity index (χ0n) is 17.1. The van der Waals surface area contributed by atoms with Crippen LogP contribution in [0.25, 0.3) is 10.9 Å². The molecule has 0 saturated carbocycles. The van der Waals surface area contributed by atoms with Gasteiger partial charge in [0.25, 0.3) is 5.56 Å². The SMILES string of the molecule is C[C@H](Sc1nc2ccccc2c(=O)n1Cc1ccccc1)C(=O)Nc1cc(Cl)cc(Cl)c1. The first-order valence-electron chi connectivity index (χ1n) is 9.88. The highest BCUT2D eigenvalue weighted by atomic mass is 35.5. The van der Waals surface area contributed by atoms with Crippen LogP contribution in [0.3, 0.4) is 0 Å². The van der Waals surface area contributed by atoms with E-state index in [2.05, 4.69) is 5.32 Å². The van der Waals surface area contributed by atoms with Gasteiger partial charge in [0.2, 0.25) is 5.91 Å². The molecule has 5 nitrogen and oxygen atoms in total. The van der Waals surface area contributed by atoms with Gasteiger partial charge >= 0.3 is 0 Å². The molecule has 1 heterocycles. The number of rotatable bonds is 6. The highest BCUT2D eigenvalue weighted by Crippen LogP contribution is 2.26. The molecule has 162 valence electrons. The van der Waals surface area contributed by atoms with Crippen LogP contribution < -0.4 is 10.9 Å². The first kappa shape index (κ1) is 22.4. The molecule has 32 heavy (non-hydrogen) atoms. The van der Waals surface area contributed by atoms with E-state index in [4.69, 9.17) is 28.2 Å². The van der Waals surface area contributed by atoms with Crippen molar-refractivity contribution in [3.63, 3.8) is 0 Å². The van der Waals surface area contributed by atoms with E-state index in [1.807, 2.05) is 42.5 Å². The van der Waals surface area contributed by atoms with Gasteiger partial charge in [0.15, 0.2) is 5.16 Å². The normalized spacial score (nSPS) is 12.0. The Hall–Kier alpha value is -2.80. The van der Waals surface area contributed by atoms with Gasteiger partial charge in [-0.2, -0.15) is 0 Å². The number of nitrogens with zero attached hydrogens (tertiary/aromatic N) is 2. The van der Waals surface area contributed by atoms with Crippen LogP contribution in [0, 0.1) is 0 Å². The quantitative estimate of drug-likeness (QED) is 0.275. The van der Waals surface area contributed by atoms with Crippen molar-refractivity contribution in [2.24, 2.45) is 0 Å². The van der Waals surface area contributed by atoms with Gasteiger partial charge in [0.05, 0.1) is 22.7 Å². The summed E-state index contributed by atoms with van der Waals surface area (Å²) in [5.41, 5.74) is 1.93. The van der Waals surface area contributed by atoms with E-state index in [9.17, 15) is 9.59 Å². The standard InChI is InChI=1S/C24H19Cl2N3O2S/c1-15(22(30)27-19-12-17(25)11-18(26)13-19)32-24-28-21-10-6-5-9-20(21)23(31)29(24)14-16-7-3-2-4-8-16/h2-13,15H,14H2,1H3,(H,27,30)/t15-/m0/s1. The number of fused-ring (bicyclic) bond motifs is 1. The highest BCUT2D eigenvalue weighted by molar-refractivity contribution is 8.00. The van der Waals surface area contributed by atoms with Gasteiger partial charge in [-0.05, 0) is 42.8 Å². The van der Waals surface area contributed by atoms with Crippen molar-refractivity contribution in [3.8, 4) is 0 Å². The Kier molecular flexibility index (Phi) is 6.84. The molecule has 0 saturated heterocycles. The minimum Gasteiger partial charge on any atom is -0.325 e. The van der Waals surface area contributed by atoms with Crippen LogP contribution >= 0.6 is 35.0 Å². The van der Waals surface area contributed by atoms with Gasteiger partial charge in [0, 0.05) is 15.7 Å². The summed E-state index contributed by atoms with van der Waals surface area (Å²) in [6.07, 6.45) is 0. The van der Waals surface area contributed by atoms with E-state index in [0.29, 0.717) is 38.3 Å². The van der Waals surface area contributed by atoms with E-state index < -0.39 is 5.25 Å². The molecule has 0 aliphatic rings. The maximum absolute atomic E-state index is 13.3. The van der Waals surface area contributed by atoms with Crippen molar-refractivity contribution in [2.75, 3.05) is 5.32 Å². The van der Waals surface area contributed by atoms with Gasteiger partial charge in [-0.15, -0.1) is 0 Å². The topological polar surface area (TPSA) is 64.0 Å². The van der Waals surface area contributed by atoms with E-state index >= 15 is 0 Å². The molecule has 1 aromatic heterocycles. The van der Waals surface area contributed by atoms with Gasteiger partial charge in [-0.1, -0.05) is 77.4 Å². The largest absolute Gasteiger partial charge is 0.325 e. The molecular formula is C24H19Cl2N3O2S. The number of hydrogen-bond donors (Lipinski definition) is 1. The van der Waals surface area contributed by atoms with Crippen molar-refractivity contribution >= 4 is 57.5 Å². The smallest absolute Gasteiger partial charge is 0.262 e. The summed E-state index contributed by atoms with van der Waals surface area (Å²) in [5, 5.41) is 4.18. The predicted octanol–water partition coefficient (Wildman–Crippen LogP) is 5.87. The lowest BCUT2D eigenvalue weighted by atomic mass is 10.2. The molecule has 8 heteroatoms. The highest BCUT2D eigenvalue weighted by Gasteiger charge is 2.20. The van der Waals surface area contributed by atoms with Crippen LogP contribution in [0.15, 0.2) is 82.7 Å². The molecule has 4 aromatic rings. The predicted molar refractivity (Wildman–Crippen MR) is 132 cm³/mol. The zero-order chi connectivity index (χ0) is 22.7. The first-order valence-corrected chi connectivity index (χ1v) is 11.5. The van der Waals surface area contributed by atoms with Crippen LogP contribution in [0.2, 0.25) is 10.0 Å². The molecule has 0 unspecified atom stereocenters. The fourth-order valence-electron chi connectivity index (χ4n) is 3.22. The number of hydrogen-bond acceptors (Lipinski definition) is 4. The molecule has 0 radical (unpaired) electrons. The second-order valence-electron chi connectivity index (χ2n) is 7.20. The van der Waals surface area contributed by atoms with Crippen molar-refractivity contribution in [3.05, 3.63) is 98.8 Å². The van der Waals surface area contributed by atoms with Crippen LogP contribution in [-0.4, -0.2) is 20.7 Å². The summed E-state index contributed by atoms with van der Waals surface area (Å²) in [7, 11) is 0. The zero-order valence-corrected chi connectivity index (χ0v) is 19.4. The van der Waals surface area contributed by atoms with Crippen LogP contribution in [0.4, 0.5) is 5.69 Å². The third kappa shape index (κ3) is 5.15. The molecule has 0 aliphatic heterocycles. The average Bonchev–Trinajstić information content (AvgIpc) is 2.76. The fourth-order valence-corrected chi connectivity index (χ4v) is 4.66. The Bertz CT molecular complexity index is 1320. The van der Waals surface area contributed by atoms with Gasteiger partial charge < -0.3 is 5.32 Å². The molecule has 1 N–H and O–H groups in total. The molecular weight excluding hydrogens is 465 g/mol. The summed E-state index contributed by atoms with van der Waals surface area (Å²) < 4.78 is 1.61. The number of benzene rings is 3. The van der Waals surface area contributed by atoms with Crippen molar-refractivity contribution in [1.82, 2.24) is 9.55 Å². The Morgan fingerprint density at radius 2 is 1.69 bits per heavy atom. The number of carbonyl (C=O) groups excluding carboxylic acids is 1. The second kappa shape index (κ2) is 9.77. The molecule has 0 spiro atoms. The van der Waals surface area contributed by atoms with Crippen molar-refractivity contribution < 1.29 is 4.79 Å². The summed E-state index contributed by atoms with van der Waals surface area (Å²) in [5.74, 6) is -0.248. The number of carbonyl (C=O) groups is 1. The number of aromatic nitrogens is 2. The molecule has 1 amide bonds. The molecule has 0 fully saturated rings. The van der Waals surface area contributed by atoms with Gasteiger partial charge in [-0.3, -0.25) is 14.2 Å². The third-order valence-electron chi connectivity index (χ3n) is 4.79. The maximum atomic E-state index is 13.3. The second-order valence-corrected chi connectivity index (χ2v) is 9.38. The van der Waals surface area contributed by atoms with E-state index in [0.717, 1.165) is 5.56 Å². The summed E-state index contributed by atoms with van der Waals surface area (Å²) in [6, 6.07) is 21.7. The Balaban J connectivity index is 1.65. The lowest BCUT2D eigenvalue weighted by Crippen LogP contribution is -2.27. The van der Waals surface area contributed by atoms with E-state index in [1.54, 1.807) is 41.8 Å². The Labute approximate surface area is 199 Å². The lowest BCUT2D eigenvalue weighted by molar-refractivity contribution is -0.115. The third-order valence-corrected chi connectivity index (χ3v) is 6.32. The summed E-state index contributed by atoms with van der Waals surface area (Å²) in [4.78, 5) is 30.8. The molecule has 0 aliphatic carbocycles. The maximum Gasteiger partial charge on any atom is 0.262 e. The average molecular weight is 484 g/mol. The monoisotopic (exact) mass is 483 g/mol. The van der Waals surface area contributed by atoms with Crippen LogP contribution in [0.5, 0.6) is 0 Å². The fraction of sp³-hybridized carbons (Fsp3) is 0.125. The Morgan fingerprint density at radius 1 is 1.03 bits per heavy atom. The number of para-hydroxylation sites is 1. The molecule has 3 aromatic carbocycles. The molecule has 1 atom stereocenters. The van der Waals surface area contributed by atoms with E-state index in [1.165, 1.54) is 11.8 Å².